The Morgan fingerprint density at radius 3 is 2.44 bits per heavy atom. The molecule has 0 saturated carbocycles. The summed E-state index contributed by atoms with van der Waals surface area (Å²) < 4.78 is 37.5. The number of carbonyl (C=O) groups is 1. The number of aromatic nitrogens is 2. The third-order valence-electron chi connectivity index (χ3n) is 11.7. The van der Waals surface area contributed by atoms with Gasteiger partial charge >= 0.3 is 5.69 Å². The van der Waals surface area contributed by atoms with E-state index >= 15 is 0 Å². The van der Waals surface area contributed by atoms with Crippen molar-refractivity contribution in [2.45, 2.75) is 44.4 Å². The van der Waals surface area contributed by atoms with Crippen molar-refractivity contribution in [2.24, 2.45) is 5.41 Å². The van der Waals surface area contributed by atoms with Crippen LogP contribution in [0.4, 0.5) is 17.1 Å². The first-order valence-corrected chi connectivity index (χ1v) is 22.5. The van der Waals surface area contributed by atoms with Crippen LogP contribution >= 0.6 is 11.6 Å². The summed E-state index contributed by atoms with van der Waals surface area (Å²) in [6.07, 6.45) is 8.61. The lowest BCUT2D eigenvalue weighted by Crippen LogP contribution is -2.47. The number of rotatable bonds is 14. The Hall–Kier alpha value is -6.22. The molecule has 0 atom stereocenters. The summed E-state index contributed by atoms with van der Waals surface area (Å²) in [6.45, 7) is 7.79. The van der Waals surface area contributed by atoms with E-state index in [2.05, 4.69) is 50.9 Å². The van der Waals surface area contributed by atoms with Gasteiger partial charge in [0.15, 0.2) is 0 Å². The molecule has 15 heteroatoms. The summed E-state index contributed by atoms with van der Waals surface area (Å²) in [6, 6.07) is 27.9. The molecule has 320 valence electrons. The predicted molar refractivity (Wildman–Crippen MR) is 244 cm³/mol. The molecule has 13 nitrogen and oxygen atoms in total. The quantitative estimate of drug-likeness (QED) is 0.0710. The second kappa shape index (κ2) is 18.0. The van der Waals surface area contributed by atoms with Gasteiger partial charge in [-0.25, -0.2) is 13.1 Å². The highest BCUT2D eigenvalue weighted by atomic mass is 35.5. The number of sulfonamides is 1. The SMILES string of the molecule is CC1(C)CCC(CN2CCN(c3cc(S(=O)(=O)NC(=O)c4ccccc4)c(Oc4ccc5[nH]ccc5c4)c([N+](=O)[O-])c3NCCc3ccncc3)CC2)=C(c2ccc(Cl)cc2)C1. The molecule has 0 unspecified atom stereocenters. The van der Waals surface area contributed by atoms with Gasteiger partial charge in [-0.3, -0.25) is 24.8 Å². The van der Waals surface area contributed by atoms with Crippen LogP contribution in [0.15, 0.2) is 126 Å². The van der Waals surface area contributed by atoms with Crippen LogP contribution in [-0.4, -0.2) is 73.4 Å². The number of carbonyl (C=O) groups excluding carboxylic acids is 1. The number of nitro benzene ring substituents is 1. The third kappa shape index (κ3) is 9.62. The number of aromatic amines is 1. The summed E-state index contributed by atoms with van der Waals surface area (Å²) in [4.78, 5) is 37.3. The average Bonchev–Trinajstić information content (AvgIpc) is 3.73. The monoisotopic (exact) mass is 873 g/mol. The predicted octanol–water partition coefficient (Wildman–Crippen LogP) is 9.48. The Labute approximate surface area is 366 Å². The molecule has 2 aromatic heterocycles. The van der Waals surface area contributed by atoms with Crippen LogP contribution in [0.5, 0.6) is 11.5 Å². The van der Waals surface area contributed by atoms with Crippen molar-refractivity contribution >= 4 is 61.1 Å². The molecule has 1 amide bonds. The van der Waals surface area contributed by atoms with E-state index in [4.69, 9.17) is 16.3 Å². The number of hydrogen-bond acceptors (Lipinski definition) is 10. The minimum Gasteiger partial charge on any atom is -0.449 e. The molecule has 62 heavy (non-hydrogen) atoms. The number of H-pyrrole nitrogens is 1. The van der Waals surface area contributed by atoms with Gasteiger partial charge in [0, 0.05) is 79.3 Å². The first-order valence-electron chi connectivity index (χ1n) is 20.6. The molecule has 1 saturated heterocycles. The van der Waals surface area contributed by atoms with Gasteiger partial charge in [-0.15, -0.1) is 0 Å². The van der Waals surface area contributed by atoms with Crippen molar-refractivity contribution in [1.82, 2.24) is 19.6 Å². The number of allylic oxidation sites excluding steroid dienone is 1. The maximum atomic E-state index is 14.5. The molecule has 3 heterocycles. The van der Waals surface area contributed by atoms with E-state index in [1.807, 2.05) is 35.2 Å². The fraction of sp³-hybridized carbons (Fsp3) is 0.277. The number of nitrogens with zero attached hydrogens (tertiary/aromatic N) is 4. The number of benzene rings is 4. The van der Waals surface area contributed by atoms with Crippen molar-refractivity contribution < 1.29 is 22.9 Å². The molecular formula is C47H48ClN7O6S. The number of amides is 1. The fourth-order valence-corrected chi connectivity index (χ4v) is 9.56. The standard InChI is InChI=1S/C47H48ClN7O6S/c1-47(2)19-14-36(39(30-47)33-8-10-37(48)11-9-33)31-53-24-26-54(27-25-53)41-29-42(62(59,60)52-46(56)34-6-4-3-5-7-34)45(61-38-12-13-40-35(28-38)18-23-50-40)44(55(57)58)43(41)51-22-17-32-15-20-49-21-16-32/h3-13,15-16,18,20-21,23,28-29,50-51H,14,17,19,22,24-27,30-31H2,1-2H3,(H,52,56). The summed E-state index contributed by atoms with van der Waals surface area (Å²) in [5.74, 6) is -1.23. The molecule has 1 aliphatic heterocycles. The molecule has 6 aromatic rings. The van der Waals surface area contributed by atoms with Gasteiger partial charge in [-0.2, -0.15) is 0 Å². The topological polar surface area (TPSA) is 163 Å². The number of nitrogens with one attached hydrogen (secondary N) is 3. The Bertz CT molecular complexity index is 2730. The molecule has 2 aliphatic rings. The maximum Gasteiger partial charge on any atom is 0.338 e. The van der Waals surface area contributed by atoms with Crippen molar-refractivity contribution in [3.63, 3.8) is 0 Å². The summed E-state index contributed by atoms with van der Waals surface area (Å²) >= 11 is 6.27. The molecule has 8 rings (SSSR count). The first-order chi connectivity index (χ1) is 29.8. The number of fused-ring (bicyclic) bond motifs is 1. The third-order valence-corrected chi connectivity index (χ3v) is 13.2. The lowest BCUT2D eigenvalue weighted by molar-refractivity contribution is -0.384. The minimum absolute atomic E-state index is 0.104. The zero-order valence-corrected chi connectivity index (χ0v) is 36.1. The first kappa shape index (κ1) is 42.5. The second-order valence-electron chi connectivity index (χ2n) is 16.6. The Morgan fingerprint density at radius 1 is 0.968 bits per heavy atom. The molecular weight excluding hydrogens is 826 g/mol. The van der Waals surface area contributed by atoms with Gasteiger partial charge in [0.2, 0.25) is 5.75 Å². The van der Waals surface area contributed by atoms with Crippen LogP contribution in [0.1, 0.15) is 54.6 Å². The summed E-state index contributed by atoms with van der Waals surface area (Å²) in [5, 5.41) is 18.2. The van der Waals surface area contributed by atoms with Crippen molar-refractivity contribution in [3.05, 3.63) is 153 Å². The lowest BCUT2D eigenvalue weighted by Gasteiger charge is -2.40. The van der Waals surface area contributed by atoms with E-state index in [1.165, 1.54) is 34.9 Å². The smallest absolute Gasteiger partial charge is 0.338 e. The van der Waals surface area contributed by atoms with Gasteiger partial charge in [0.1, 0.15) is 16.3 Å². The number of halogens is 1. The fourth-order valence-electron chi connectivity index (χ4n) is 8.31. The van der Waals surface area contributed by atoms with Crippen LogP contribution in [0.3, 0.4) is 0 Å². The van der Waals surface area contributed by atoms with E-state index in [1.54, 1.807) is 55.0 Å². The highest BCUT2D eigenvalue weighted by molar-refractivity contribution is 7.90. The van der Waals surface area contributed by atoms with E-state index in [9.17, 15) is 23.3 Å². The number of hydrogen-bond donors (Lipinski definition) is 3. The van der Waals surface area contributed by atoms with Crippen LogP contribution in [0.25, 0.3) is 16.5 Å². The molecule has 3 N–H and O–H groups in total. The van der Waals surface area contributed by atoms with Gasteiger partial charge in [-0.05, 0) is 115 Å². The number of nitro groups is 1. The highest BCUT2D eigenvalue weighted by Crippen LogP contribution is 2.49. The van der Waals surface area contributed by atoms with Crippen LogP contribution < -0.4 is 19.7 Å². The largest absolute Gasteiger partial charge is 0.449 e. The van der Waals surface area contributed by atoms with Gasteiger partial charge in [0.05, 0.1) is 10.6 Å². The number of anilines is 2. The summed E-state index contributed by atoms with van der Waals surface area (Å²) in [7, 11) is -4.78. The molecule has 1 aliphatic carbocycles. The molecule has 0 spiro atoms. The number of pyridine rings is 1. The van der Waals surface area contributed by atoms with E-state index in [0.29, 0.717) is 43.3 Å². The Morgan fingerprint density at radius 2 is 1.71 bits per heavy atom. The Kier molecular flexibility index (Phi) is 12.3. The van der Waals surface area contributed by atoms with Crippen molar-refractivity contribution in [2.75, 3.05) is 49.5 Å². The van der Waals surface area contributed by atoms with Gasteiger partial charge in [-0.1, -0.05) is 61.4 Å². The zero-order valence-electron chi connectivity index (χ0n) is 34.6. The number of ether oxygens (including phenoxy) is 1. The van der Waals surface area contributed by atoms with E-state index in [0.717, 1.165) is 42.3 Å². The zero-order chi connectivity index (χ0) is 43.4. The lowest BCUT2D eigenvalue weighted by atomic mass is 9.72. The van der Waals surface area contributed by atoms with Crippen molar-refractivity contribution in [3.8, 4) is 11.5 Å². The minimum atomic E-state index is -4.78. The second-order valence-corrected chi connectivity index (χ2v) is 18.6. The van der Waals surface area contributed by atoms with Gasteiger partial charge in [0.25, 0.3) is 15.9 Å². The normalized spacial score (nSPS) is 15.7. The Balaban J connectivity index is 1.18. The van der Waals surface area contributed by atoms with Crippen LogP contribution in [-0.2, 0) is 16.4 Å². The van der Waals surface area contributed by atoms with E-state index < -0.39 is 37.2 Å². The van der Waals surface area contributed by atoms with Crippen LogP contribution in [0, 0.1) is 15.5 Å². The van der Waals surface area contributed by atoms with Crippen molar-refractivity contribution in [1.29, 1.82) is 0 Å². The molecule has 1 fully saturated rings. The summed E-state index contributed by atoms with van der Waals surface area (Å²) in [5.41, 5.74) is 5.79. The highest BCUT2D eigenvalue weighted by Gasteiger charge is 2.38. The number of piperazine rings is 1. The average molecular weight is 874 g/mol. The van der Waals surface area contributed by atoms with E-state index in [-0.39, 0.29) is 29.0 Å². The van der Waals surface area contributed by atoms with Crippen LogP contribution in [0.2, 0.25) is 5.02 Å². The maximum absolute atomic E-state index is 14.5. The molecule has 4 aromatic carbocycles. The molecule has 0 radical (unpaired) electrons. The van der Waals surface area contributed by atoms with Gasteiger partial charge < -0.3 is 19.9 Å². The molecule has 0 bridgehead atoms.